The van der Waals surface area contributed by atoms with E-state index < -0.39 is 17.9 Å². The van der Waals surface area contributed by atoms with E-state index in [4.69, 9.17) is 10.00 Å². The first-order valence-corrected chi connectivity index (χ1v) is 8.91. The summed E-state index contributed by atoms with van der Waals surface area (Å²) in [6.07, 6.45) is 0.101. The molecule has 0 saturated carbocycles. The van der Waals surface area contributed by atoms with Crippen molar-refractivity contribution < 1.29 is 19.4 Å². The third kappa shape index (κ3) is 5.44. The van der Waals surface area contributed by atoms with Crippen LogP contribution in [0.4, 0.5) is 0 Å². The fraction of sp³-hybridized carbons (Fsp3) is 0.0870. The largest absolute Gasteiger partial charge is 0.480 e. The van der Waals surface area contributed by atoms with E-state index in [1.807, 2.05) is 36.4 Å². The van der Waals surface area contributed by atoms with Gasteiger partial charge in [0.2, 0.25) is 0 Å². The van der Waals surface area contributed by atoms with E-state index in [-0.39, 0.29) is 12.0 Å². The number of hydrogen-bond donors (Lipinski definition) is 2. The van der Waals surface area contributed by atoms with E-state index in [9.17, 15) is 14.7 Å². The summed E-state index contributed by atoms with van der Waals surface area (Å²) in [7, 11) is 0. The number of nitriles is 1. The molecule has 1 atom stereocenters. The summed E-state index contributed by atoms with van der Waals surface area (Å²) < 4.78 is 5.77. The van der Waals surface area contributed by atoms with Crippen molar-refractivity contribution in [3.63, 3.8) is 0 Å². The minimum atomic E-state index is -1.14. The Morgan fingerprint density at radius 1 is 0.966 bits per heavy atom. The Hall–Kier alpha value is -4.11. The number of carboxylic acids is 1. The molecule has 0 bridgehead atoms. The van der Waals surface area contributed by atoms with Gasteiger partial charge < -0.3 is 15.2 Å². The average molecular weight is 386 g/mol. The first kappa shape index (κ1) is 19.6. The molecule has 0 spiro atoms. The second kappa shape index (κ2) is 9.20. The zero-order valence-corrected chi connectivity index (χ0v) is 15.4. The van der Waals surface area contributed by atoms with Crippen LogP contribution >= 0.6 is 0 Å². The van der Waals surface area contributed by atoms with Crippen LogP contribution in [0.3, 0.4) is 0 Å². The number of para-hydroxylation sites is 1. The molecular formula is C23H18N2O4. The highest BCUT2D eigenvalue weighted by Crippen LogP contribution is 2.22. The highest BCUT2D eigenvalue weighted by Gasteiger charge is 2.21. The van der Waals surface area contributed by atoms with Gasteiger partial charge in [-0.15, -0.1) is 0 Å². The summed E-state index contributed by atoms with van der Waals surface area (Å²) in [4.78, 5) is 24.0. The molecule has 0 aliphatic carbocycles. The van der Waals surface area contributed by atoms with Gasteiger partial charge in [0.05, 0.1) is 11.6 Å². The highest BCUT2D eigenvalue weighted by atomic mass is 16.5. The third-order valence-electron chi connectivity index (χ3n) is 4.20. The topological polar surface area (TPSA) is 99.4 Å². The Kier molecular flexibility index (Phi) is 6.23. The number of rotatable bonds is 7. The summed E-state index contributed by atoms with van der Waals surface area (Å²) >= 11 is 0. The van der Waals surface area contributed by atoms with Crippen molar-refractivity contribution >= 4 is 11.9 Å². The molecule has 29 heavy (non-hydrogen) atoms. The second-order valence-corrected chi connectivity index (χ2v) is 6.32. The van der Waals surface area contributed by atoms with Crippen molar-refractivity contribution in [2.45, 2.75) is 12.5 Å². The van der Waals surface area contributed by atoms with Gasteiger partial charge in [0, 0.05) is 12.0 Å². The van der Waals surface area contributed by atoms with Crippen molar-refractivity contribution in [1.82, 2.24) is 5.32 Å². The normalized spacial score (nSPS) is 11.1. The number of carboxylic acid groups (broad SMARTS) is 1. The van der Waals surface area contributed by atoms with Crippen molar-refractivity contribution in [2.75, 3.05) is 0 Å². The molecule has 0 heterocycles. The Morgan fingerprint density at radius 3 is 2.31 bits per heavy atom. The van der Waals surface area contributed by atoms with Crippen LogP contribution in [0.1, 0.15) is 21.5 Å². The molecule has 0 aliphatic rings. The minimum Gasteiger partial charge on any atom is -0.480 e. The van der Waals surface area contributed by atoms with Gasteiger partial charge in [-0.1, -0.05) is 30.3 Å². The molecule has 3 aromatic rings. The Bertz CT molecular complexity index is 1040. The Labute approximate surface area is 168 Å². The SMILES string of the molecule is N#Cc1ccc(C(=O)N[C@@H](Cc2cccc(Oc3ccccc3)c2)C(=O)O)cc1. The number of amides is 1. The first-order chi connectivity index (χ1) is 14.0. The van der Waals surface area contributed by atoms with E-state index in [0.29, 0.717) is 22.6 Å². The predicted octanol–water partition coefficient (Wildman–Crippen LogP) is 3.78. The van der Waals surface area contributed by atoms with Crippen LogP contribution in [0.2, 0.25) is 0 Å². The fourth-order valence-corrected chi connectivity index (χ4v) is 2.73. The standard InChI is InChI=1S/C23H18N2O4/c24-15-16-9-11-18(12-10-16)22(26)25-21(23(27)28)14-17-5-4-8-20(13-17)29-19-6-2-1-3-7-19/h1-13,21H,14H2,(H,25,26)(H,27,28)/t21-/m0/s1. The number of nitrogens with zero attached hydrogens (tertiary/aromatic N) is 1. The van der Waals surface area contributed by atoms with E-state index in [1.165, 1.54) is 24.3 Å². The van der Waals surface area contributed by atoms with E-state index >= 15 is 0 Å². The maximum atomic E-state index is 12.4. The number of nitrogens with one attached hydrogen (secondary N) is 1. The summed E-state index contributed by atoms with van der Waals surface area (Å²) in [6, 6.07) is 23.2. The van der Waals surface area contributed by atoms with Crippen LogP contribution in [0.25, 0.3) is 0 Å². The van der Waals surface area contributed by atoms with Crippen LogP contribution in [0, 0.1) is 11.3 Å². The summed E-state index contributed by atoms with van der Waals surface area (Å²) in [5, 5.41) is 20.9. The summed E-state index contributed by atoms with van der Waals surface area (Å²) in [5.41, 5.74) is 1.42. The predicted molar refractivity (Wildman–Crippen MR) is 107 cm³/mol. The fourth-order valence-electron chi connectivity index (χ4n) is 2.73. The molecule has 0 radical (unpaired) electrons. The lowest BCUT2D eigenvalue weighted by Crippen LogP contribution is -2.42. The Morgan fingerprint density at radius 2 is 1.66 bits per heavy atom. The minimum absolute atomic E-state index is 0.101. The van der Waals surface area contributed by atoms with Crippen LogP contribution < -0.4 is 10.1 Å². The smallest absolute Gasteiger partial charge is 0.326 e. The van der Waals surface area contributed by atoms with Gasteiger partial charge >= 0.3 is 5.97 Å². The molecule has 0 aliphatic heterocycles. The van der Waals surface area contributed by atoms with Gasteiger partial charge in [0.25, 0.3) is 5.91 Å². The molecule has 144 valence electrons. The van der Waals surface area contributed by atoms with Gasteiger partial charge in [0.15, 0.2) is 0 Å². The molecule has 0 unspecified atom stereocenters. The van der Waals surface area contributed by atoms with E-state index in [2.05, 4.69) is 5.32 Å². The first-order valence-electron chi connectivity index (χ1n) is 8.91. The summed E-state index contributed by atoms with van der Waals surface area (Å²) in [5.74, 6) is -0.398. The van der Waals surface area contributed by atoms with Gasteiger partial charge in [-0.2, -0.15) is 5.26 Å². The van der Waals surface area contributed by atoms with Crippen molar-refractivity contribution in [3.05, 3.63) is 95.6 Å². The molecule has 1 amide bonds. The van der Waals surface area contributed by atoms with Gasteiger partial charge in [-0.25, -0.2) is 4.79 Å². The highest BCUT2D eigenvalue weighted by molar-refractivity contribution is 5.96. The lowest BCUT2D eigenvalue weighted by molar-refractivity contribution is -0.139. The zero-order valence-electron chi connectivity index (χ0n) is 15.4. The maximum absolute atomic E-state index is 12.4. The molecule has 6 nitrogen and oxygen atoms in total. The zero-order chi connectivity index (χ0) is 20.6. The Balaban J connectivity index is 1.70. The number of hydrogen-bond acceptors (Lipinski definition) is 4. The van der Waals surface area contributed by atoms with Crippen LogP contribution in [0.5, 0.6) is 11.5 Å². The molecule has 0 fully saturated rings. The molecule has 0 aromatic heterocycles. The molecule has 6 heteroatoms. The monoisotopic (exact) mass is 386 g/mol. The maximum Gasteiger partial charge on any atom is 0.326 e. The average Bonchev–Trinajstić information content (AvgIpc) is 2.74. The van der Waals surface area contributed by atoms with Crippen LogP contribution in [-0.4, -0.2) is 23.0 Å². The van der Waals surface area contributed by atoms with Gasteiger partial charge in [-0.3, -0.25) is 4.79 Å². The van der Waals surface area contributed by atoms with Crippen molar-refractivity contribution in [3.8, 4) is 17.6 Å². The quantitative estimate of drug-likeness (QED) is 0.644. The number of aliphatic carboxylic acids is 1. The van der Waals surface area contributed by atoms with Crippen molar-refractivity contribution in [2.24, 2.45) is 0 Å². The van der Waals surface area contributed by atoms with Crippen LogP contribution in [-0.2, 0) is 11.2 Å². The van der Waals surface area contributed by atoms with Crippen LogP contribution in [0.15, 0.2) is 78.9 Å². The third-order valence-corrected chi connectivity index (χ3v) is 4.20. The number of ether oxygens (including phenoxy) is 1. The molecular weight excluding hydrogens is 368 g/mol. The molecule has 3 rings (SSSR count). The lowest BCUT2D eigenvalue weighted by Gasteiger charge is -2.15. The van der Waals surface area contributed by atoms with Gasteiger partial charge in [0.1, 0.15) is 17.5 Å². The van der Waals surface area contributed by atoms with Crippen molar-refractivity contribution in [1.29, 1.82) is 5.26 Å². The van der Waals surface area contributed by atoms with E-state index in [1.54, 1.807) is 24.3 Å². The lowest BCUT2D eigenvalue weighted by atomic mass is 10.0. The number of carbonyl (C=O) groups excluding carboxylic acids is 1. The second-order valence-electron chi connectivity index (χ2n) is 6.32. The van der Waals surface area contributed by atoms with E-state index in [0.717, 1.165) is 0 Å². The van der Waals surface area contributed by atoms with Gasteiger partial charge in [-0.05, 0) is 54.1 Å². The number of carbonyl (C=O) groups is 2. The molecule has 3 aromatic carbocycles. The summed E-state index contributed by atoms with van der Waals surface area (Å²) in [6.45, 7) is 0. The molecule has 0 saturated heterocycles. The molecule has 2 N–H and O–H groups in total. The number of benzene rings is 3.